The van der Waals surface area contributed by atoms with Gasteiger partial charge in [-0.2, -0.15) is 0 Å². The van der Waals surface area contributed by atoms with Crippen LogP contribution in [-0.2, 0) is 11.3 Å². The van der Waals surface area contributed by atoms with Gasteiger partial charge < -0.3 is 9.64 Å². The number of likely N-dealkylation sites (tertiary alicyclic amines) is 1. The lowest BCUT2D eigenvalue weighted by Gasteiger charge is -2.21. The summed E-state index contributed by atoms with van der Waals surface area (Å²) in [4.78, 5) is 20.6. The van der Waals surface area contributed by atoms with Gasteiger partial charge >= 0.3 is 0 Å². The Bertz CT molecular complexity index is 648. The van der Waals surface area contributed by atoms with E-state index in [9.17, 15) is 4.79 Å². The van der Waals surface area contributed by atoms with Gasteiger partial charge in [0, 0.05) is 25.7 Å². The second-order valence-electron chi connectivity index (χ2n) is 6.17. The molecule has 0 radical (unpaired) electrons. The van der Waals surface area contributed by atoms with Crippen molar-refractivity contribution in [3.05, 3.63) is 60.4 Å². The van der Waals surface area contributed by atoms with Gasteiger partial charge in [0.1, 0.15) is 11.9 Å². The largest absolute Gasteiger partial charge is 0.489 e. The summed E-state index contributed by atoms with van der Waals surface area (Å²) in [6, 6.07) is 15.6. The van der Waals surface area contributed by atoms with Crippen LogP contribution in [0.5, 0.6) is 5.75 Å². The molecular formula is C19H23N3O2. The van der Waals surface area contributed by atoms with E-state index in [-0.39, 0.29) is 12.0 Å². The fourth-order valence-electron chi connectivity index (χ4n) is 2.90. The minimum Gasteiger partial charge on any atom is -0.489 e. The maximum Gasteiger partial charge on any atom is 0.236 e. The van der Waals surface area contributed by atoms with Gasteiger partial charge in [0.25, 0.3) is 0 Å². The van der Waals surface area contributed by atoms with Crippen LogP contribution in [0.4, 0.5) is 0 Å². The van der Waals surface area contributed by atoms with Crippen molar-refractivity contribution in [3.63, 3.8) is 0 Å². The SMILES string of the molecule is CN(CC(=O)N1CC[C@H](Oc2ccccc2)C1)Cc1ccccn1. The number of ether oxygens (including phenoxy) is 1. The normalized spacial score (nSPS) is 17.2. The van der Waals surface area contributed by atoms with E-state index in [1.807, 2.05) is 65.4 Å². The van der Waals surface area contributed by atoms with Crippen molar-refractivity contribution in [2.45, 2.75) is 19.1 Å². The minimum absolute atomic E-state index is 0.0810. The van der Waals surface area contributed by atoms with Crippen molar-refractivity contribution < 1.29 is 9.53 Å². The fourth-order valence-corrected chi connectivity index (χ4v) is 2.90. The quantitative estimate of drug-likeness (QED) is 0.817. The van der Waals surface area contributed by atoms with E-state index in [1.54, 1.807) is 6.20 Å². The Balaban J connectivity index is 1.46. The number of carbonyl (C=O) groups excluding carboxylic acids is 1. The second-order valence-corrected chi connectivity index (χ2v) is 6.17. The van der Waals surface area contributed by atoms with Gasteiger partial charge in [0.15, 0.2) is 0 Å². The fraction of sp³-hybridized carbons (Fsp3) is 0.368. The lowest BCUT2D eigenvalue weighted by atomic mass is 10.3. The molecule has 5 heteroatoms. The van der Waals surface area contributed by atoms with Crippen LogP contribution in [0.2, 0.25) is 0 Å². The molecule has 1 aromatic carbocycles. The van der Waals surface area contributed by atoms with Gasteiger partial charge in [-0.3, -0.25) is 14.7 Å². The standard InChI is InChI=1S/C19H23N3O2/c1-21(13-16-7-5-6-11-20-16)15-19(23)22-12-10-18(14-22)24-17-8-3-2-4-9-17/h2-9,11,18H,10,12-15H2,1H3/t18-/m0/s1. The molecule has 0 saturated carbocycles. The Morgan fingerprint density at radius 2 is 2.04 bits per heavy atom. The monoisotopic (exact) mass is 325 g/mol. The molecule has 24 heavy (non-hydrogen) atoms. The maximum absolute atomic E-state index is 12.5. The van der Waals surface area contributed by atoms with Crippen LogP contribution in [0.3, 0.4) is 0 Å². The van der Waals surface area contributed by atoms with Gasteiger partial charge in [-0.15, -0.1) is 0 Å². The Morgan fingerprint density at radius 1 is 1.25 bits per heavy atom. The number of aromatic nitrogens is 1. The molecule has 0 spiro atoms. The number of likely N-dealkylation sites (N-methyl/N-ethyl adjacent to an activating group) is 1. The molecule has 1 aliphatic heterocycles. The maximum atomic E-state index is 12.5. The van der Waals surface area contributed by atoms with Crippen molar-refractivity contribution in [2.24, 2.45) is 0 Å². The van der Waals surface area contributed by atoms with Crippen LogP contribution in [0.15, 0.2) is 54.7 Å². The summed E-state index contributed by atoms with van der Waals surface area (Å²) >= 11 is 0. The summed E-state index contributed by atoms with van der Waals surface area (Å²) in [5.74, 6) is 1.01. The van der Waals surface area contributed by atoms with Crippen LogP contribution >= 0.6 is 0 Å². The van der Waals surface area contributed by atoms with E-state index in [0.717, 1.165) is 24.4 Å². The summed E-state index contributed by atoms with van der Waals surface area (Å²) in [6.45, 7) is 2.48. The van der Waals surface area contributed by atoms with Crippen molar-refractivity contribution in [3.8, 4) is 5.75 Å². The predicted octanol–water partition coefficient (Wildman–Crippen LogP) is 2.19. The van der Waals surface area contributed by atoms with E-state index in [1.165, 1.54) is 0 Å². The van der Waals surface area contributed by atoms with Crippen molar-refractivity contribution in [2.75, 3.05) is 26.7 Å². The van der Waals surface area contributed by atoms with Crippen molar-refractivity contribution >= 4 is 5.91 Å². The Labute approximate surface area is 142 Å². The molecule has 1 atom stereocenters. The average Bonchev–Trinajstić information content (AvgIpc) is 3.05. The average molecular weight is 325 g/mol. The van der Waals surface area contributed by atoms with E-state index >= 15 is 0 Å². The molecule has 5 nitrogen and oxygen atoms in total. The summed E-state index contributed by atoms with van der Waals surface area (Å²) < 4.78 is 5.94. The molecule has 0 N–H and O–H groups in total. The molecule has 1 fully saturated rings. The number of benzene rings is 1. The Kier molecular flexibility index (Phi) is 5.43. The Hall–Kier alpha value is -2.40. The molecule has 1 saturated heterocycles. The van der Waals surface area contributed by atoms with Gasteiger partial charge in [-0.25, -0.2) is 0 Å². The molecular weight excluding hydrogens is 302 g/mol. The molecule has 1 amide bonds. The molecule has 3 rings (SSSR count). The van der Waals surface area contributed by atoms with E-state index < -0.39 is 0 Å². The Morgan fingerprint density at radius 3 is 2.79 bits per heavy atom. The number of amides is 1. The molecule has 126 valence electrons. The zero-order chi connectivity index (χ0) is 16.8. The topological polar surface area (TPSA) is 45.7 Å². The number of pyridine rings is 1. The first-order valence-corrected chi connectivity index (χ1v) is 8.28. The third-order valence-corrected chi connectivity index (χ3v) is 4.11. The van der Waals surface area contributed by atoms with Crippen LogP contribution in [-0.4, -0.2) is 53.5 Å². The number of hydrogen-bond acceptors (Lipinski definition) is 4. The van der Waals surface area contributed by atoms with Gasteiger partial charge in [-0.05, 0) is 31.3 Å². The third-order valence-electron chi connectivity index (χ3n) is 4.11. The number of rotatable bonds is 6. The highest BCUT2D eigenvalue weighted by Gasteiger charge is 2.27. The molecule has 1 aromatic heterocycles. The predicted molar refractivity (Wildman–Crippen MR) is 92.6 cm³/mol. The minimum atomic E-state index is 0.0810. The summed E-state index contributed by atoms with van der Waals surface area (Å²) in [5, 5.41) is 0. The van der Waals surface area contributed by atoms with E-state index in [4.69, 9.17) is 4.74 Å². The van der Waals surface area contributed by atoms with Gasteiger partial charge in [-0.1, -0.05) is 24.3 Å². The summed E-state index contributed by atoms with van der Waals surface area (Å²) in [6.07, 6.45) is 2.74. The summed E-state index contributed by atoms with van der Waals surface area (Å²) in [5.41, 5.74) is 0.972. The first kappa shape index (κ1) is 16.5. The summed E-state index contributed by atoms with van der Waals surface area (Å²) in [7, 11) is 1.95. The molecule has 0 bridgehead atoms. The lowest BCUT2D eigenvalue weighted by molar-refractivity contribution is -0.131. The number of nitrogens with zero attached hydrogens (tertiary/aromatic N) is 3. The first-order chi connectivity index (χ1) is 11.7. The van der Waals surface area contributed by atoms with Gasteiger partial charge in [0.2, 0.25) is 5.91 Å². The smallest absolute Gasteiger partial charge is 0.236 e. The van der Waals surface area contributed by atoms with Crippen LogP contribution in [0.1, 0.15) is 12.1 Å². The van der Waals surface area contributed by atoms with Crippen LogP contribution in [0.25, 0.3) is 0 Å². The number of carbonyl (C=O) groups is 1. The highest BCUT2D eigenvalue weighted by molar-refractivity contribution is 5.78. The highest BCUT2D eigenvalue weighted by atomic mass is 16.5. The van der Waals surface area contributed by atoms with E-state index in [0.29, 0.717) is 19.6 Å². The zero-order valence-electron chi connectivity index (χ0n) is 14.0. The van der Waals surface area contributed by atoms with Crippen LogP contribution < -0.4 is 4.74 Å². The molecule has 0 aliphatic carbocycles. The van der Waals surface area contributed by atoms with E-state index in [2.05, 4.69) is 4.98 Å². The van der Waals surface area contributed by atoms with Crippen LogP contribution in [0, 0.1) is 0 Å². The van der Waals surface area contributed by atoms with Crippen molar-refractivity contribution in [1.29, 1.82) is 0 Å². The third kappa shape index (κ3) is 4.55. The first-order valence-electron chi connectivity index (χ1n) is 8.28. The molecule has 0 unspecified atom stereocenters. The molecule has 2 heterocycles. The number of hydrogen-bond donors (Lipinski definition) is 0. The highest BCUT2D eigenvalue weighted by Crippen LogP contribution is 2.18. The number of para-hydroxylation sites is 1. The van der Waals surface area contributed by atoms with Gasteiger partial charge in [0.05, 0.1) is 18.8 Å². The lowest BCUT2D eigenvalue weighted by Crippen LogP contribution is -2.38. The molecule has 1 aliphatic rings. The van der Waals surface area contributed by atoms with Crippen molar-refractivity contribution in [1.82, 2.24) is 14.8 Å². The molecule has 2 aromatic rings. The zero-order valence-corrected chi connectivity index (χ0v) is 14.0. The second kappa shape index (κ2) is 7.93.